The fourth-order valence-electron chi connectivity index (χ4n) is 11.7. The Bertz CT molecular complexity index is 1750. The third-order valence-electron chi connectivity index (χ3n) is 15.3. The van der Waals surface area contributed by atoms with Gasteiger partial charge in [-0.1, -0.05) is 65.3 Å². The lowest BCUT2D eigenvalue weighted by molar-refractivity contribution is -0.202. The van der Waals surface area contributed by atoms with Gasteiger partial charge in [-0.05, 0) is 134 Å². The van der Waals surface area contributed by atoms with Gasteiger partial charge in [-0.3, -0.25) is 9.59 Å². The number of phenols is 1. The number of nitrogens with two attached hydrogens (primary N) is 1. The summed E-state index contributed by atoms with van der Waals surface area (Å²) in [5.41, 5.74) is 6.08. The van der Waals surface area contributed by atoms with Gasteiger partial charge in [0, 0.05) is 17.7 Å². The summed E-state index contributed by atoms with van der Waals surface area (Å²) in [5.74, 6) is -0.321. The minimum absolute atomic E-state index is 0.0296. The molecular formula is C43H57NO7. The summed E-state index contributed by atoms with van der Waals surface area (Å²) in [6.45, 7) is 15.8. The van der Waals surface area contributed by atoms with E-state index in [0.717, 1.165) is 51.4 Å². The Hall–Kier alpha value is -3.65. The van der Waals surface area contributed by atoms with Gasteiger partial charge in [0.1, 0.15) is 17.1 Å². The second-order valence-corrected chi connectivity index (χ2v) is 18.4. The standard InChI is InChI=1S/C30H46O4.C13H11NO3/c1-25(2)21-8-11-30(7)23(28(21,5)10-9-22(25)32)20(31)16-18-19-17-27(4,24(33)34)13-12-26(19,3)14-15-29(18,30)6;14-9-6-7-11(12(15)8-9)13(16)17-10-4-2-1-3-5-10/h16,19,21-23,32H,8-15,17H2,1-7H3,(H,33,34);1-8,15H,14H2. The van der Waals surface area contributed by atoms with Gasteiger partial charge in [0.05, 0.1) is 11.5 Å². The maximum absolute atomic E-state index is 14.2. The van der Waals surface area contributed by atoms with Gasteiger partial charge in [0.25, 0.3) is 0 Å². The highest BCUT2D eigenvalue weighted by molar-refractivity contribution is 5.96. The molecule has 0 amide bonds. The number of carbonyl (C=O) groups excluding carboxylic acids is 2. The number of ether oxygens (including phenoxy) is 1. The first-order chi connectivity index (χ1) is 23.7. The van der Waals surface area contributed by atoms with Crippen molar-refractivity contribution < 1.29 is 34.4 Å². The Morgan fingerprint density at radius 2 is 1.53 bits per heavy atom. The molecule has 51 heavy (non-hydrogen) atoms. The number of phenolic OH excluding ortho intramolecular Hbond substituents is 1. The van der Waals surface area contributed by atoms with E-state index in [2.05, 4.69) is 41.5 Å². The summed E-state index contributed by atoms with van der Waals surface area (Å²) >= 11 is 0. The van der Waals surface area contributed by atoms with Gasteiger partial charge in [0.15, 0.2) is 5.78 Å². The molecule has 2 aromatic carbocycles. The predicted octanol–water partition coefficient (Wildman–Crippen LogP) is 8.61. The molecule has 8 heteroatoms. The maximum atomic E-state index is 14.2. The van der Waals surface area contributed by atoms with Crippen LogP contribution in [0.4, 0.5) is 5.69 Å². The highest BCUT2D eigenvalue weighted by atomic mass is 16.5. The quantitative estimate of drug-likeness (QED) is 0.142. The molecule has 7 rings (SSSR count). The molecular weight excluding hydrogens is 642 g/mol. The molecule has 5 aliphatic carbocycles. The Morgan fingerprint density at radius 1 is 0.863 bits per heavy atom. The monoisotopic (exact) mass is 699 g/mol. The average molecular weight is 700 g/mol. The average Bonchev–Trinajstić information content (AvgIpc) is 3.05. The van der Waals surface area contributed by atoms with Crippen molar-refractivity contribution in [1.82, 2.24) is 0 Å². The van der Waals surface area contributed by atoms with Crippen LogP contribution in [-0.2, 0) is 9.59 Å². The summed E-state index contributed by atoms with van der Waals surface area (Å²) in [6, 6.07) is 12.9. The van der Waals surface area contributed by atoms with Crippen LogP contribution in [0.5, 0.6) is 11.5 Å². The molecule has 8 nitrogen and oxygen atoms in total. The maximum Gasteiger partial charge on any atom is 0.347 e. The van der Waals surface area contributed by atoms with Crippen LogP contribution in [0.2, 0.25) is 0 Å². The number of para-hydroxylation sites is 1. The molecule has 276 valence electrons. The number of anilines is 1. The molecule has 4 saturated carbocycles. The zero-order chi connectivity index (χ0) is 37.4. The van der Waals surface area contributed by atoms with Crippen LogP contribution in [0.1, 0.15) is 117 Å². The Labute approximate surface area is 302 Å². The first kappa shape index (κ1) is 37.1. The minimum Gasteiger partial charge on any atom is -0.507 e. The number of aromatic hydroxyl groups is 1. The molecule has 0 saturated heterocycles. The van der Waals surface area contributed by atoms with Crippen molar-refractivity contribution in [1.29, 1.82) is 0 Å². The third-order valence-corrected chi connectivity index (χ3v) is 15.3. The van der Waals surface area contributed by atoms with Crippen molar-refractivity contribution in [2.45, 2.75) is 112 Å². The van der Waals surface area contributed by atoms with Crippen LogP contribution in [-0.4, -0.2) is 39.1 Å². The number of aliphatic carboxylic acids is 1. The van der Waals surface area contributed by atoms with Crippen LogP contribution in [0.25, 0.3) is 0 Å². The number of aliphatic hydroxyl groups excluding tert-OH is 1. The smallest absolute Gasteiger partial charge is 0.347 e. The van der Waals surface area contributed by atoms with Gasteiger partial charge in [-0.15, -0.1) is 0 Å². The number of hydrogen-bond donors (Lipinski definition) is 4. The zero-order valence-corrected chi connectivity index (χ0v) is 31.4. The molecule has 9 atom stereocenters. The molecule has 5 N–H and O–H groups in total. The van der Waals surface area contributed by atoms with Crippen molar-refractivity contribution in [3.63, 3.8) is 0 Å². The van der Waals surface area contributed by atoms with E-state index in [1.165, 1.54) is 23.8 Å². The summed E-state index contributed by atoms with van der Waals surface area (Å²) < 4.78 is 5.08. The molecule has 0 spiro atoms. The van der Waals surface area contributed by atoms with Crippen LogP contribution in [0.15, 0.2) is 60.2 Å². The van der Waals surface area contributed by atoms with Gasteiger partial charge >= 0.3 is 11.9 Å². The number of carboxylic acid groups (broad SMARTS) is 1. The zero-order valence-electron chi connectivity index (χ0n) is 31.4. The van der Waals surface area contributed by atoms with E-state index in [4.69, 9.17) is 10.5 Å². The fourth-order valence-corrected chi connectivity index (χ4v) is 11.7. The van der Waals surface area contributed by atoms with Crippen LogP contribution in [0.3, 0.4) is 0 Å². The highest BCUT2D eigenvalue weighted by Crippen LogP contribution is 2.75. The van der Waals surface area contributed by atoms with E-state index in [1.807, 2.05) is 19.1 Å². The van der Waals surface area contributed by atoms with Crippen LogP contribution in [0, 0.1) is 50.2 Å². The molecule has 0 heterocycles. The number of rotatable bonds is 3. The molecule has 0 aliphatic heterocycles. The molecule has 5 aliphatic rings. The van der Waals surface area contributed by atoms with Crippen molar-refractivity contribution in [2.24, 2.45) is 50.2 Å². The number of carbonyl (C=O) groups is 3. The van der Waals surface area contributed by atoms with Crippen molar-refractivity contribution in [2.75, 3.05) is 5.73 Å². The van der Waals surface area contributed by atoms with E-state index in [1.54, 1.807) is 24.3 Å². The van der Waals surface area contributed by atoms with E-state index >= 15 is 0 Å². The molecule has 9 unspecified atom stereocenters. The summed E-state index contributed by atoms with van der Waals surface area (Å²) in [5, 5.41) is 30.5. The Morgan fingerprint density at radius 3 is 2.18 bits per heavy atom. The predicted molar refractivity (Wildman–Crippen MR) is 197 cm³/mol. The summed E-state index contributed by atoms with van der Waals surface area (Å²) in [4.78, 5) is 38.2. The number of esters is 1. The number of carboxylic acids is 1. The minimum atomic E-state index is -0.711. The number of aliphatic hydroxyl groups is 1. The number of ketones is 1. The lowest BCUT2D eigenvalue weighted by Crippen LogP contribution is -2.66. The summed E-state index contributed by atoms with van der Waals surface area (Å²) in [7, 11) is 0. The lowest BCUT2D eigenvalue weighted by Gasteiger charge is -2.70. The molecule has 4 fully saturated rings. The molecule has 2 aromatic rings. The third kappa shape index (κ3) is 5.80. The Kier molecular flexibility index (Phi) is 9.09. The topological polar surface area (TPSA) is 147 Å². The summed E-state index contributed by atoms with van der Waals surface area (Å²) in [6.07, 6.45) is 9.95. The van der Waals surface area contributed by atoms with E-state index in [0.29, 0.717) is 23.8 Å². The van der Waals surface area contributed by atoms with Gasteiger partial charge in [0.2, 0.25) is 0 Å². The molecule has 0 bridgehead atoms. The number of nitrogen functional groups attached to an aromatic ring is 1. The first-order valence-corrected chi connectivity index (χ1v) is 18.7. The fraction of sp³-hybridized carbons (Fsp3) is 0.605. The van der Waals surface area contributed by atoms with Crippen molar-refractivity contribution in [3.8, 4) is 11.5 Å². The van der Waals surface area contributed by atoms with Crippen LogP contribution < -0.4 is 10.5 Å². The number of hydrogen-bond acceptors (Lipinski definition) is 7. The van der Waals surface area contributed by atoms with E-state index in [9.17, 15) is 29.7 Å². The van der Waals surface area contributed by atoms with Gasteiger partial charge < -0.3 is 25.8 Å². The first-order valence-electron chi connectivity index (χ1n) is 18.7. The van der Waals surface area contributed by atoms with Crippen LogP contribution >= 0.6 is 0 Å². The van der Waals surface area contributed by atoms with Gasteiger partial charge in [-0.2, -0.15) is 0 Å². The number of allylic oxidation sites excluding steroid dienone is 2. The highest BCUT2D eigenvalue weighted by Gasteiger charge is 2.70. The SMILES string of the molecule is CC1(C(=O)O)CCC2(C)CCC3(C)C(=CC(=O)C4C5(C)CCC(O)C(C)(C)C5CCC43C)C2C1.Nc1ccc(C(=O)Oc2ccccc2)c(O)c1. The molecule has 0 aromatic heterocycles. The second kappa shape index (κ2) is 12.5. The van der Waals surface area contributed by atoms with Gasteiger partial charge in [-0.25, -0.2) is 4.79 Å². The normalized spacial score (nSPS) is 39.4. The Balaban J connectivity index is 0.000000221. The number of benzene rings is 2. The second-order valence-electron chi connectivity index (χ2n) is 18.4. The largest absolute Gasteiger partial charge is 0.507 e. The van der Waals surface area contributed by atoms with Crippen molar-refractivity contribution >= 4 is 23.4 Å². The number of fused-ring (bicyclic) bond motifs is 7. The lowest BCUT2D eigenvalue weighted by atomic mass is 9.33. The van der Waals surface area contributed by atoms with E-state index in [-0.39, 0.29) is 62.1 Å². The van der Waals surface area contributed by atoms with Crippen molar-refractivity contribution in [3.05, 3.63) is 65.7 Å². The molecule has 0 radical (unpaired) electrons. The van der Waals surface area contributed by atoms with E-state index < -0.39 is 17.4 Å².